The molecule has 0 fully saturated rings. The van der Waals surface area contributed by atoms with Crippen LogP contribution in [-0.4, -0.2) is 29.7 Å². The van der Waals surface area contributed by atoms with Crippen LogP contribution in [0.25, 0.3) is 11.4 Å². The number of rotatable bonds is 4. The van der Waals surface area contributed by atoms with Crippen molar-refractivity contribution in [3.05, 3.63) is 34.2 Å². The third-order valence-electron chi connectivity index (χ3n) is 3.05. The molecule has 122 valence electrons. The maximum absolute atomic E-state index is 14.2. The smallest absolute Gasteiger partial charge is 0.361 e. The minimum Gasteiger partial charge on any atom is -0.491 e. The first-order valence-electron chi connectivity index (χ1n) is 6.73. The number of carbonyl (C=O) groups excluding carboxylic acids is 1. The van der Waals surface area contributed by atoms with Crippen LogP contribution in [0.3, 0.4) is 0 Å². The molecule has 0 atom stereocenters. The van der Waals surface area contributed by atoms with E-state index in [2.05, 4.69) is 9.97 Å². The second kappa shape index (κ2) is 6.78. The van der Waals surface area contributed by atoms with Gasteiger partial charge in [-0.1, -0.05) is 11.6 Å². The number of nitrogens with two attached hydrogens (primary N) is 1. The molecule has 0 radical (unpaired) electrons. The van der Waals surface area contributed by atoms with Crippen LogP contribution in [0.5, 0.6) is 5.75 Å². The number of carbonyl (C=O) groups is 1. The number of esters is 1. The zero-order valence-electron chi connectivity index (χ0n) is 12.8. The molecule has 2 N–H and O–H groups in total. The Kier molecular flexibility index (Phi) is 5.00. The van der Waals surface area contributed by atoms with E-state index in [9.17, 15) is 9.18 Å². The topological polar surface area (TPSA) is 87.3 Å². The number of methoxy groups -OCH3 is 1. The van der Waals surface area contributed by atoms with E-state index in [0.29, 0.717) is 5.56 Å². The average molecular weight is 340 g/mol. The molecule has 0 saturated heterocycles. The zero-order chi connectivity index (χ0) is 17.1. The summed E-state index contributed by atoms with van der Waals surface area (Å²) in [5, 5.41) is 0.276. The van der Waals surface area contributed by atoms with Crippen molar-refractivity contribution in [3.63, 3.8) is 0 Å². The fourth-order valence-electron chi connectivity index (χ4n) is 1.96. The van der Waals surface area contributed by atoms with Crippen molar-refractivity contribution in [2.45, 2.75) is 13.8 Å². The highest BCUT2D eigenvalue weighted by molar-refractivity contribution is 6.31. The summed E-state index contributed by atoms with van der Waals surface area (Å²) in [6, 6.07) is 2.63. The van der Waals surface area contributed by atoms with Gasteiger partial charge in [-0.2, -0.15) is 0 Å². The molecule has 1 aromatic carbocycles. The maximum Gasteiger partial charge on any atom is 0.361 e. The summed E-state index contributed by atoms with van der Waals surface area (Å²) >= 11 is 5.88. The molecule has 0 amide bonds. The maximum atomic E-state index is 14.2. The summed E-state index contributed by atoms with van der Waals surface area (Å²) in [7, 11) is 1.32. The first kappa shape index (κ1) is 17.0. The van der Waals surface area contributed by atoms with Crippen molar-refractivity contribution in [1.82, 2.24) is 9.97 Å². The highest BCUT2D eigenvalue weighted by Crippen LogP contribution is 2.30. The molecule has 1 heterocycles. The van der Waals surface area contributed by atoms with Crippen LogP contribution in [-0.2, 0) is 4.74 Å². The molecule has 0 aliphatic rings. The van der Waals surface area contributed by atoms with Crippen LogP contribution >= 0.6 is 11.6 Å². The van der Waals surface area contributed by atoms with Crippen LogP contribution in [0, 0.1) is 12.7 Å². The Morgan fingerprint density at radius 3 is 2.70 bits per heavy atom. The third-order valence-corrected chi connectivity index (χ3v) is 3.46. The Hall–Kier alpha value is -2.41. The van der Waals surface area contributed by atoms with E-state index < -0.39 is 11.8 Å². The number of nitrogen functional groups attached to an aromatic ring is 1. The van der Waals surface area contributed by atoms with Crippen molar-refractivity contribution >= 4 is 23.4 Å². The van der Waals surface area contributed by atoms with Crippen molar-refractivity contribution in [3.8, 4) is 17.1 Å². The molecule has 0 saturated carbocycles. The Bertz CT molecular complexity index is 768. The number of nitrogens with zero attached hydrogens (tertiary/aromatic N) is 2. The van der Waals surface area contributed by atoms with Gasteiger partial charge in [0.25, 0.3) is 0 Å². The lowest BCUT2D eigenvalue weighted by atomic mass is 10.1. The summed E-state index contributed by atoms with van der Waals surface area (Å²) in [6.45, 7) is 3.51. The Morgan fingerprint density at radius 2 is 2.09 bits per heavy atom. The number of aryl methyl sites for hydroxylation is 1. The van der Waals surface area contributed by atoms with Gasteiger partial charge in [0.05, 0.1) is 19.3 Å². The predicted molar refractivity (Wildman–Crippen MR) is 84.1 cm³/mol. The van der Waals surface area contributed by atoms with Crippen molar-refractivity contribution in [1.29, 1.82) is 0 Å². The molecule has 0 spiro atoms. The fourth-order valence-corrected chi connectivity index (χ4v) is 2.11. The summed E-state index contributed by atoms with van der Waals surface area (Å²) in [4.78, 5) is 20.1. The molecule has 0 unspecified atom stereocenters. The summed E-state index contributed by atoms with van der Waals surface area (Å²) in [6.07, 6.45) is 0. The quantitative estimate of drug-likeness (QED) is 0.861. The van der Waals surface area contributed by atoms with Crippen LogP contribution in [0.15, 0.2) is 12.1 Å². The number of ether oxygens (including phenoxy) is 2. The number of hydrogen-bond acceptors (Lipinski definition) is 6. The number of anilines is 1. The van der Waals surface area contributed by atoms with E-state index >= 15 is 0 Å². The molecule has 6 nitrogen and oxygen atoms in total. The SMILES string of the molecule is CCOC(=O)c1nc(-c2cc(C)c(Cl)cc2F)nc(N)c1OC. The molecule has 0 aliphatic carbocycles. The largest absolute Gasteiger partial charge is 0.491 e. The van der Waals surface area contributed by atoms with Gasteiger partial charge in [0.2, 0.25) is 0 Å². The molecule has 2 aromatic rings. The van der Waals surface area contributed by atoms with E-state index in [-0.39, 0.29) is 40.3 Å². The minimum atomic E-state index is -0.731. The third kappa shape index (κ3) is 3.34. The van der Waals surface area contributed by atoms with Crippen molar-refractivity contribution in [2.24, 2.45) is 0 Å². The predicted octanol–water partition coefficient (Wildman–Crippen LogP) is 3.01. The van der Waals surface area contributed by atoms with E-state index in [4.69, 9.17) is 26.8 Å². The van der Waals surface area contributed by atoms with Crippen molar-refractivity contribution in [2.75, 3.05) is 19.5 Å². The average Bonchev–Trinajstić information content (AvgIpc) is 2.50. The second-order valence-electron chi connectivity index (χ2n) is 4.62. The molecular weight excluding hydrogens is 325 g/mol. The Balaban J connectivity index is 2.65. The van der Waals surface area contributed by atoms with Crippen molar-refractivity contribution < 1.29 is 18.7 Å². The summed E-state index contributed by atoms with van der Waals surface area (Å²) in [5.41, 5.74) is 6.34. The molecule has 0 bridgehead atoms. The Morgan fingerprint density at radius 1 is 1.39 bits per heavy atom. The fraction of sp³-hybridized carbons (Fsp3) is 0.267. The van der Waals surface area contributed by atoms with Gasteiger partial charge in [-0.25, -0.2) is 19.2 Å². The number of aromatic nitrogens is 2. The highest BCUT2D eigenvalue weighted by atomic mass is 35.5. The highest BCUT2D eigenvalue weighted by Gasteiger charge is 2.23. The lowest BCUT2D eigenvalue weighted by Crippen LogP contribution is -2.13. The van der Waals surface area contributed by atoms with Crippen LogP contribution in [0.4, 0.5) is 10.2 Å². The molecule has 2 rings (SSSR count). The van der Waals surface area contributed by atoms with Gasteiger partial charge in [-0.3, -0.25) is 0 Å². The lowest BCUT2D eigenvalue weighted by molar-refractivity contribution is 0.0515. The second-order valence-corrected chi connectivity index (χ2v) is 5.02. The molecular formula is C15H15ClFN3O3. The van der Waals surface area contributed by atoms with E-state index in [0.717, 1.165) is 6.07 Å². The molecule has 1 aromatic heterocycles. The van der Waals surface area contributed by atoms with Gasteiger partial charge in [0.1, 0.15) is 5.82 Å². The standard InChI is InChI=1S/C15H15ClFN3O3/c1-4-23-15(21)11-12(22-3)13(18)20-14(19-11)8-5-7(2)9(16)6-10(8)17/h5-6H,4H2,1-3H3,(H2,18,19,20). The monoisotopic (exact) mass is 339 g/mol. The number of hydrogen-bond donors (Lipinski definition) is 1. The first-order valence-corrected chi connectivity index (χ1v) is 7.11. The van der Waals surface area contributed by atoms with Gasteiger partial charge in [-0.05, 0) is 31.5 Å². The lowest BCUT2D eigenvalue weighted by Gasteiger charge is -2.12. The van der Waals surface area contributed by atoms with Crippen LogP contribution in [0.2, 0.25) is 5.02 Å². The zero-order valence-corrected chi connectivity index (χ0v) is 13.6. The minimum absolute atomic E-state index is 0.0155. The van der Waals surface area contributed by atoms with Gasteiger partial charge in [0, 0.05) is 5.02 Å². The Labute approximate surface area is 137 Å². The molecule has 23 heavy (non-hydrogen) atoms. The van der Waals surface area contributed by atoms with E-state index in [1.807, 2.05) is 0 Å². The van der Waals surface area contributed by atoms with E-state index in [1.54, 1.807) is 13.8 Å². The molecule has 8 heteroatoms. The number of benzene rings is 1. The van der Waals surface area contributed by atoms with Crippen LogP contribution in [0.1, 0.15) is 23.0 Å². The number of halogens is 2. The van der Waals surface area contributed by atoms with E-state index in [1.165, 1.54) is 13.2 Å². The van der Waals surface area contributed by atoms with Crippen LogP contribution < -0.4 is 10.5 Å². The first-order chi connectivity index (χ1) is 10.9. The van der Waals surface area contributed by atoms with Gasteiger partial charge in [0.15, 0.2) is 23.1 Å². The summed E-state index contributed by atoms with van der Waals surface area (Å²) in [5.74, 6) is -1.51. The van der Waals surface area contributed by atoms with Gasteiger partial charge in [-0.15, -0.1) is 0 Å². The summed E-state index contributed by atoms with van der Waals surface area (Å²) < 4.78 is 24.1. The van der Waals surface area contributed by atoms with Gasteiger partial charge >= 0.3 is 5.97 Å². The normalized spacial score (nSPS) is 10.5. The molecule has 0 aliphatic heterocycles. The van der Waals surface area contributed by atoms with Gasteiger partial charge < -0.3 is 15.2 Å².